The van der Waals surface area contributed by atoms with Gasteiger partial charge in [-0.15, -0.1) is 10.2 Å². The number of rotatable bonds is 0. The molecule has 0 atom stereocenters. The van der Waals surface area contributed by atoms with Crippen molar-refractivity contribution in [2.75, 3.05) is 0 Å². The van der Waals surface area contributed by atoms with E-state index in [-0.39, 0.29) is 0 Å². The zero-order valence-electron chi connectivity index (χ0n) is 5.88. The summed E-state index contributed by atoms with van der Waals surface area (Å²) >= 11 is 11.5. The summed E-state index contributed by atoms with van der Waals surface area (Å²) in [6.45, 7) is 0. The maximum atomic E-state index is 5.78. The van der Waals surface area contributed by atoms with Gasteiger partial charge in [-0.2, -0.15) is 0 Å². The normalized spacial score (nSPS) is 10.5. The van der Waals surface area contributed by atoms with Crippen LogP contribution < -0.4 is 0 Å². The van der Waals surface area contributed by atoms with Gasteiger partial charge < -0.3 is 0 Å². The number of hydrogen-bond donors (Lipinski definition) is 0. The van der Waals surface area contributed by atoms with E-state index in [9.17, 15) is 0 Å². The van der Waals surface area contributed by atoms with E-state index in [0.717, 1.165) is 5.39 Å². The Bertz CT molecular complexity index is 388. The Morgan fingerprint density at radius 2 is 1.92 bits per heavy atom. The van der Waals surface area contributed by atoms with Crippen LogP contribution in [0.1, 0.15) is 0 Å². The fourth-order valence-electron chi connectivity index (χ4n) is 0.971. The molecule has 1 radical (unpaired) electrons. The first kappa shape index (κ1) is 7.77. The minimum atomic E-state index is 0.329. The van der Waals surface area contributed by atoms with Crippen LogP contribution in [0.15, 0.2) is 18.2 Å². The van der Waals surface area contributed by atoms with E-state index in [1.54, 1.807) is 6.07 Å². The molecule has 0 unspecified atom stereocenters. The van der Waals surface area contributed by atoms with Gasteiger partial charge in [-0.05, 0) is 6.07 Å². The molecule has 0 bridgehead atoms. The second kappa shape index (κ2) is 2.88. The van der Waals surface area contributed by atoms with Crippen molar-refractivity contribution >= 4 is 34.0 Å². The quantitative estimate of drug-likeness (QED) is 0.650. The smallest absolute Gasteiger partial charge is 0.136 e. The van der Waals surface area contributed by atoms with Crippen LogP contribution >= 0.6 is 23.2 Å². The van der Waals surface area contributed by atoms with Crippen LogP contribution in [0.5, 0.6) is 0 Å². The number of fused-ring (bicyclic) bond motifs is 1. The summed E-state index contributed by atoms with van der Waals surface area (Å²) in [6, 6.07) is 8.35. The molecule has 0 spiro atoms. The highest BCUT2D eigenvalue weighted by atomic mass is 35.5. The van der Waals surface area contributed by atoms with Crippen molar-refractivity contribution in [2.45, 2.75) is 0 Å². The first-order valence-corrected chi connectivity index (χ1v) is 4.03. The lowest BCUT2D eigenvalue weighted by atomic mass is 10.2. The fraction of sp³-hybridized carbons (Fsp3) is 0. The minimum absolute atomic E-state index is 0.329. The lowest BCUT2D eigenvalue weighted by Gasteiger charge is -1.98. The molecule has 0 aliphatic heterocycles. The average molecular weight is 198 g/mol. The van der Waals surface area contributed by atoms with Crippen molar-refractivity contribution in [3.05, 3.63) is 34.6 Å². The lowest BCUT2D eigenvalue weighted by molar-refractivity contribution is 1.05. The molecule has 0 saturated heterocycles. The van der Waals surface area contributed by atoms with Gasteiger partial charge >= 0.3 is 0 Å². The summed E-state index contributed by atoms with van der Waals surface area (Å²) in [5, 5.41) is 9.50. The van der Waals surface area contributed by atoms with Gasteiger partial charge in [0.15, 0.2) is 10.3 Å². The SMILES string of the molecule is Clc1nnc(Cl)c2ccc[c]c12. The van der Waals surface area contributed by atoms with Gasteiger partial charge in [0.05, 0.1) is 0 Å². The molecule has 2 aromatic rings. The Kier molecular flexibility index (Phi) is 1.87. The highest BCUT2D eigenvalue weighted by molar-refractivity contribution is 6.38. The van der Waals surface area contributed by atoms with Crippen molar-refractivity contribution in [2.24, 2.45) is 0 Å². The summed E-state index contributed by atoms with van der Waals surface area (Å²) in [6.07, 6.45) is 0. The molecule has 1 heterocycles. The molecular formula is C8H3Cl2N2. The Morgan fingerprint density at radius 3 is 2.67 bits per heavy atom. The van der Waals surface area contributed by atoms with E-state index in [4.69, 9.17) is 23.2 Å². The number of hydrogen-bond acceptors (Lipinski definition) is 2. The molecule has 0 aliphatic carbocycles. The molecule has 0 amide bonds. The van der Waals surface area contributed by atoms with Crippen LogP contribution in [0.3, 0.4) is 0 Å². The summed E-state index contributed by atoms with van der Waals surface area (Å²) in [7, 11) is 0. The van der Waals surface area contributed by atoms with Crippen LogP contribution in [-0.2, 0) is 0 Å². The van der Waals surface area contributed by atoms with Crippen molar-refractivity contribution in [3.8, 4) is 0 Å². The molecule has 1 aromatic heterocycles. The second-order valence-electron chi connectivity index (χ2n) is 2.24. The van der Waals surface area contributed by atoms with Gasteiger partial charge in [0.2, 0.25) is 0 Å². The van der Waals surface area contributed by atoms with Gasteiger partial charge in [-0.3, -0.25) is 0 Å². The van der Waals surface area contributed by atoms with Gasteiger partial charge in [-0.25, -0.2) is 0 Å². The summed E-state index contributed by atoms with van der Waals surface area (Å²) in [4.78, 5) is 0. The van der Waals surface area contributed by atoms with Gasteiger partial charge in [0.25, 0.3) is 0 Å². The lowest BCUT2D eigenvalue weighted by Crippen LogP contribution is -1.85. The zero-order chi connectivity index (χ0) is 8.55. The number of halogens is 2. The van der Waals surface area contributed by atoms with Crippen molar-refractivity contribution in [1.82, 2.24) is 10.2 Å². The Balaban J connectivity index is 2.95. The minimum Gasteiger partial charge on any atom is -0.136 e. The maximum absolute atomic E-state index is 5.78. The molecule has 0 aliphatic rings. The molecule has 0 N–H and O–H groups in total. The maximum Gasteiger partial charge on any atom is 0.160 e. The second-order valence-corrected chi connectivity index (χ2v) is 2.96. The molecule has 0 fully saturated rings. The van der Waals surface area contributed by atoms with Crippen LogP contribution in [0.25, 0.3) is 10.8 Å². The zero-order valence-corrected chi connectivity index (χ0v) is 7.39. The Morgan fingerprint density at radius 1 is 1.17 bits per heavy atom. The van der Waals surface area contributed by atoms with Crippen LogP contribution in [0, 0.1) is 6.07 Å². The average Bonchev–Trinajstić information content (AvgIpc) is 2.12. The van der Waals surface area contributed by atoms with E-state index >= 15 is 0 Å². The van der Waals surface area contributed by atoms with E-state index < -0.39 is 0 Å². The van der Waals surface area contributed by atoms with Crippen molar-refractivity contribution < 1.29 is 0 Å². The van der Waals surface area contributed by atoms with Crippen LogP contribution in [-0.4, -0.2) is 10.2 Å². The monoisotopic (exact) mass is 197 g/mol. The number of benzene rings is 1. The summed E-state index contributed by atoms with van der Waals surface area (Å²) < 4.78 is 0. The third-order valence-corrected chi connectivity index (χ3v) is 2.05. The molecule has 0 saturated carbocycles. The fourth-order valence-corrected chi connectivity index (χ4v) is 1.36. The van der Waals surface area contributed by atoms with Crippen LogP contribution in [0.4, 0.5) is 0 Å². The third kappa shape index (κ3) is 1.13. The summed E-state index contributed by atoms with van der Waals surface area (Å²) in [5.74, 6) is 0. The molecule has 4 heteroatoms. The van der Waals surface area contributed by atoms with Gasteiger partial charge in [0.1, 0.15) is 0 Å². The Labute approximate surface area is 79.1 Å². The van der Waals surface area contributed by atoms with E-state index in [0.29, 0.717) is 15.7 Å². The van der Waals surface area contributed by atoms with Crippen LogP contribution in [0.2, 0.25) is 10.3 Å². The number of aromatic nitrogens is 2. The predicted molar refractivity (Wildman–Crippen MR) is 48.4 cm³/mol. The van der Waals surface area contributed by atoms with Crippen molar-refractivity contribution in [3.63, 3.8) is 0 Å². The van der Waals surface area contributed by atoms with Crippen molar-refractivity contribution in [1.29, 1.82) is 0 Å². The Hall–Kier alpha value is -0.860. The van der Waals surface area contributed by atoms with Gasteiger partial charge in [-0.1, -0.05) is 41.4 Å². The summed E-state index contributed by atoms with van der Waals surface area (Å²) in [5.41, 5.74) is 0. The molecular weight excluding hydrogens is 195 g/mol. The van der Waals surface area contributed by atoms with E-state index in [2.05, 4.69) is 16.3 Å². The molecule has 2 rings (SSSR count). The van der Waals surface area contributed by atoms with Gasteiger partial charge in [0, 0.05) is 10.8 Å². The third-order valence-electron chi connectivity index (χ3n) is 1.51. The standard InChI is InChI=1S/C8H3Cl2N2/c9-7-5-3-1-2-4-6(5)8(10)12-11-7/h1-3H. The number of nitrogens with zero attached hydrogens (tertiary/aromatic N) is 2. The molecule has 2 nitrogen and oxygen atoms in total. The first-order valence-electron chi connectivity index (χ1n) is 3.27. The largest absolute Gasteiger partial charge is 0.160 e. The molecule has 12 heavy (non-hydrogen) atoms. The molecule has 59 valence electrons. The first-order chi connectivity index (χ1) is 5.79. The highest BCUT2D eigenvalue weighted by Crippen LogP contribution is 2.24. The van der Waals surface area contributed by atoms with E-state index in [1.165, 1.54) is 0 Å². The molecule has 1 aromatic carbocycles. The topological polar surface area (TPSA) is 25.8 Å². The predicted octanol–water partition coefficient (Wildman–Crippen LogP) is 2.74. The van der Waals surface area contributed by atoms with E-state index in [1.807, 2.05) is 12.1 Å². The highest BCUT2D eigenvalue weighted by Gasteiger charge is 2.03.